The van der Waals surface area contributed by atoms with Gasteiger partial charge in [0.15, 0.2) is 0 Å². The molecule has 0 spiro atoms. The van der Waals surface area contributed by atoms with Gasteiger partial charge in [-0.1, -0.05) is 12.2 Å². The lowest BCUT2D eigenvalue weighted by Crippen LogP contribution is -2.18. The van der Waals surface area contributed by atoms with E-state index in [1.54, 1.807) is 18.4 Å². The van der Waals surface area contributed by atoms with Crippen molar-refractivity contribution >= 4 is 17.4 Å². The summed E-state index contributed by atoms with van der Waals surface area (Å²) in [5, 5.41) is 7.45. The number of hydrogen-bond acceptors (Lipinski definition) is 3. The van der Waals surface area contributed by atoms with Crippen molar-refractivity contribution in [3.63, 3.8) is 0 Å². The summed E-state index contributed by atoms with van der Waals surface area (Å²) in [5.41, 5.74) is 1.28. The van der Waals surface area contributed by atoms with Crippen LogP contribution < -0.4 is 5.32 Å². The van der Waals surface area contributed by atoms with Crippen LogP contribution in [0.3, 0.4) is 0 Å². The smallest absolute Gasteiger partial charge is 0.0587 e. The molecule has 72 valence electrons. The van der Waals surface area contributed by atoms with Crippen molar-refractivity contribution in [3.8, 4) is 0 Å². The first-order valence-corrected chi connectivity index (χ1v) is 5.26. The van der Waals surface area contributed by atoms with Gasteiger partial charge < -0.3 is 10.1 Å². The molecule has 0 unspecified atom stereocenters. The molecule has 0 fully saturated rings. The molecule has 2 nitrogen and oxygen atoms in total. The first kappa shape index (κ1) is 10.4. The van der Waals surface area contributed by atoms with Gasteiger partial charge in [0.25, 0.3) is 0 Å². The van der Waals surface area contributed by atoms with E-state index in [2.05, 4.69) is 34.3 Å². The van der Waals surface area contributed by atoms with Crippen LogP contribution in [-0.4, -0.2) is 26.8 Å². The third-order valence-corrected chi connectivity index (χ3v) is 2.30. The first-order chi connectivity index (χ1) is 6.43. The van der Waals surface area contributed by atoms with Gasteiger partial charge in [0.1, 0.15) is 0 Å². The lowest BCUT2D eigenvalue weighted by atomic mass is 10.3. The molecule has 1 N–H and O–H groups in total. The monoisotopic (exact) mass is 197 g/mol. The standard InChI is InChI=1S/C10H15NOS/c1-12-7-6-11-5-2-3-10-4-8-13-9-10/h2-4,8-9,11H,5-7H2,1H3. The Morgan fingerprint density at radius 3 is 3.23 bits per heavy atom. The van der Waals surface area contributed by atoms with Gasteiger partial charge in [-0.3, -0.25) is 0 Å². The van der Waals surface area contributed by atoms with Gasteiger partial charge in [0, 0.05) is 20.2 Å². The third-order valence-electron chi connectivity index (χ3n) is 1.60. The van der Waals surface area contributed by atoms with Gasteiger partial charge in [0.05, 0.1) is 6.61 Å². The Morgan fingerprint density at radius 2 is 2.54 bits per heavy atom. The Bertz CT molecular complexity index is 231. The lowest BCUT2D eigenvalue weighted by molar-refractivity contribution is 0.200. The highest BCUT2D eigenvalue weighted by Crippen LogP contribution is 2.06. The van der Waals surface area contributed by atoms with Gasteiger partial charge in [-0.05, 0) is 22.4 Å². The molecule has 0 radical (unpaired) electrons. The van der Waals surface area contributed by atoms with Crippen LogP contribution in [0.2, 0.25) is 0 Å². The highest BCUT2D eigenvalue weighted by atomic mass is 32.1. The van der Waals surface area contributed by atoms with E-state index in [-0.39, 0.29) is 0 Å². The Hall–Kier alpha value is -0.640. The molecular weight excluding hydrogens is 182 g/mol. The minimum absolute atomic E-state index is 0.770. The zero-order valence-corrected chi connectivity index (χ0v) is 8.64. The van der Waals surface area contributed by atoms with Gasteiger partial charge >= 0.3 is 0 Å². The fraction of sp³-hybridized carbons (Fsp3) is 0.400. The number of methoxy groups -OCH3 is 1. The molecule has 1 aromatic heterocycles. The van der Waals surface area contributed by atoms with Crippen molar-refractivity contribution in [3.05, 3.63) is 28.5 Å². The van der Waals surface area contributed by atoms with Crippen LogP contribution in [0, 0.1) is 0 Å². The molecule has 0 amide bonds. The Balaban J connectivity index is 2.05. The molecular formula is C10H15NOS. The highest BCUT2D eigenvalue weighted by Gasteiger charge is 1.84. The van der Waals surface area contributed by atoms with E-state index in [0.717, 1.165) is 19.7 Å². The summed E-state index contributed by atoms with van der Waals surface area (Å²) in [6.07, 6.45) is 4.24. The number of thiophene rings is 1. The van der Waals surface area contributed by atoms with Crippen LogP contribution >= 0.6 is 11.3 Å². The minimum Gasteiger partial charge on any atom is -0.383 e. The van der Waals surface area contributed by atoms with Crippen molar-refractivity contribution in [1.29, 1.82) is 0 Å². The van der Waals surface area contributed by atoms with E-state index in [9.17, 15) is 0 Å². The third kappa shape index (κ3) is 4.83. The first-order valence-electron chi connectivity index (χ1n) is 4.32. The number of rotatable bonds is 6. The summed E-state index contributed by atoms with van der Waals surface area (Å²) in [4.78, 5) is 0. The zero-order valence-electron chi connectivity index (χ0n) is 7.82. The molecule has 0 bridgehead atoms. The predicted molar refractivity (Wildman–Crippen MR) is 58.1 cm³/mol. The molecule has 0 aliphatic carbocycles. The van der Waals surface area contributed by atoms with Crippen molar-refractivity contribution < 1.29 is 4.74 Å². The molecule has 1 aromatic rings. The van der Waals surface area contributed by atoms with E-state index in [4.69, 9.17) is 4.74 Å². The van der Waals surface area contributed by atoms with Gasteiger partial charge in [-0.2, -0.15) is 11.3 Å². The van der Waals surface area contributed by atoms with Gasteiger partial charge in [0.2, 0.25) is 0 Å². The number of nitrogens with one attached hydrogen (secondary N) is 1. The van der Waals surface area contributed by atoms with Gasteiger partial charge in [-0.25, -0.2) is 0 Å². The Kier molecular flexibility index (Phi) is 5.49. The fourth-order valence-corrected chi connectivity index (χ4v) is 1.55. The fourth-order valence-electron chi connectivity index (χ4n) is 0.924. The number of hydrogen-bond donors (Lipinski definition) is 1. The summed E-state index contributed by atoms with van der Waals surface area (Å²) in [6.45, 7) is 2.58. The maximum absolute atomic E-state index is 4.91. The van der Waals surface area contributed by atoms with Crippen LogP contribution in [0.4, 0.5) is 0 Å². The van der Waals surface area contributed by atoms with Crippen molar-refractivity contribution in [2.45, 2.75) is 0 Å². The SMILES string of the molecule is COCCNCC=Cc1ccsc1. The summed E-state index contributed by atoms with van der Waals surface area (Å²) in [6, 6.07) is 2.11. The molecule has 0 atom stereocenters. The maximum Gasteiger partial charge on any atom is 0.0587 e. The lowest BCUT2D eigenvalue weighted by Gasteiger charge is -1.98. The highest BCUT2D eigenvalue weighted by molar-refractivity contribution is 7.08. The van der Waals surface area contributed by atoms with Crippen LogP contribution in [-0.2, 0) is 4.74 Å². The largest absolute Gasteiger partial charge is 0.383 e. The summed E-state index contributed by atoms with van der Waals surface area (Å²) in [5.74, 6) is 0. The molecule has 0 aromatic carbocycles. The second-order valence-electron chi connectivity index (χ2n) is 2.66. The van der Waals surface area contributed by atoms with Crippen molar-refractivity contribution in [2.24, 2.45) is 0 Å². The summed E-state index contributed by atoms with van der Waals surface area (Å²) >= 11 is 1.72. The van der Waals surface area contributed by atoms with Crippen molar-refractivity contribution in [1.82, 2.24) is 5.32 Å². The normalized spacial score (nSPS) is 11.2. The Labute approximate surface area is 83.2 Å². The molecule has 1 heterocycles. The van der Waals surface area contributed by atoms with Crippen LogP contribution in [0.25, 0.3) is 6.08 Å². The average Bonchev–Trinajstić information content (AvgIpc) is 2.63. The molecule has 0 saturated carbocycles. The molecule has 0 aliphatic rings. The van der Waals surface area contributed by atoms with Crippen LogP contribution in [0.1, 0.15) is 5.56 Å². The van der Waals surface area contributed by atoms with E-state index in [1.165, 1.54) is 5.56 Å². The van der Waals surface area contributed by atoms with Crippen LogP contribution in [0.5, 0.6) is 0 Å². The second-order valence-corrected chi connectivity index (χ2v) is 3.44. The quantitative estimate of drug-likeness (QED) is 0.704. The second kappa shape index (κ2) is 6.83. The zero-order chi connectivity index (χ0) is 9.36. The maximum atomic E-state index is 4.91. The Morgan fingerprint density at radius 1 is 1.62 bits per heavy atom. The van der Waals surface area contributed by atoms with E-state index < -0.39 is 0 Å². The van der Waals surface area contributed by atoms with Crippen LogP contribution in [0.15, 0.2) is 22.9 Å². The molecule has 0 saturated heterocycles. The van der Waals surface area contributed by atoms with E-state index in [0.29, 0.717) is 0 Å². The summed E-state index contributed by atoms with van der Waals surface area (Å²) in [7, 11) is 1.71. The van der Waals surface area contributed by atoms with E-state index >= 15 is 0 Å². The molecule has 3 heteroatoms. The molecule has 1 rings (SSSR count). The topological polar surface area (TPSA) is 21.3 Å². The van der Waals surface area contributed by atoms with Gasteiger partial charge in [-0.15, -0.1) is 0 Å². The predicted octanol–water partition coefficient (Wildman–Crippen LogP) is 2.00. The van der Waals surface area contributed by atoms with Crippen molar-refractivity contribution in [2.75, 3.05) is 26.8 Å². The minimum atomic E-state index is 0.770. The summed E-state index contributed by atoms with van der Waals surface area (Å²) < 4.78 is 4.91. The molecule has 0 aliphatic heterocycles. The average molecular weight is 197 g/mol. The number of ether oxygens (including phenoxy) is 1. The molecule has 13 heavy (non-hydrogen) atoms. The van der Waals surface area contributed by atoms with E-state index in [1.807, 2.05) is 0 Å².